The average molecular weight is 444 g/mol. The van der Waals surface area contributed by atoms with Gasteiger partial charge in [-0.15, -0.1) is 0 Å². The van der Waals surface area contributed by atoms with Crippen LogP contribution in [0.2, 0.25) is 0 Å². The van der Waals surface area contributed by atoms with Gasteiger partial charge in [0.2, 0.25) is 0 Å². The lowest BCUT2D eigenvalue weighted by Crippen LogP contribution is -2.32. The molecule has 0 amide bonds. The third kappa shape index (κ3) is 7.08. The predicted molar refractivity (Wildman–Crippen MR) is 138 cm³/mol. The Hall–Kier alpha value is -2.82. The SMILES string of the molecule is CNc1ccc(CN(Cc2ccc(Oc3ccccc3)cc2)CC2CCC(CN)CC2)cc1. The van der Waals surface area contributed by atoms with E-state index in [2.05, 4.69) is 58.7 Å². The van der Waals surface area contributed by atoms with Crippen molar-refractivity contribution in [1.82, 2.24) is 4.90 Å². The van der Waals surface area contributed by atoms with Crippen molar-refractivity contribution in [3.05, 3.63) is 90.0 Å². The highest BCUT2D eigenvalue weighted by Crippen LogP contribution is 2.30. The molecule has 0 atom stereocenters. The number of benzene rings is 3. The van der Waals surface area contributed by atoms with Gasteiger partial charge in [0.1, 0.15) is 11.5 Å². The van der Waals surface area contributed by atoms with Crippen molar-refractivity contribution < 1.29 is 4.74 Å². The third-order valence-corrected chi connectivity index (χ3v) is 6.77. The van der Waals surface area contributed by atoms with Crippen LogP contribution in [-0.2, 0) is 13.1 Å². The van der Waals surface area contributed by atoms with Gasteiger partial charge >= 0.3 is 0 Å². The lowest BCUT2D eigenvalue weighted by molar-refractivity contribution is 0.170. The Balaban J connectivity index is 1.41. The molecule has 1 aliphatic rings. The summed E-state index contributed by atoms with van der Waals surface area (Å²) in [6.07, 6.45) is 5.14. The first-order chi connectivity index (χ1) is 16.2. The van der Waals surface area contributed by atoms with Crippen LogP contribution in [-0.4, -0.2) is 25.0 Å². The van der Waals surface area contributed by atoms with Crippen LogP contribution in [0.5, 0.6) is 11.5 Å². The zero-order valence-corrected chi connectivity index (χ0v) is 19.7. The molecule has 4 heteroatoms. The molecule has 0 spiro atoms. The third-order valence-electron chi connectivity index (χ3n) is 6.77. The molecule has 3 aromatic rings. The number of hydrogen-bond acceptors (Lipinski definition) is 4. The fourth-order valence-electron chi connectivity index (χ4n) is 4.78. The molecule has 0 aromatic heterocycles. The fourth-order valence-corrected chi connectivity index (χ4v) is 4.78. The van der Waals surface area contributed by atoms with Crippen LogP contribution in [0.15, 0.2) is 78.9 Å². The number of nitrogens with two attached hydrogens (primary N) is 1. The second-order valence-electron chi connectivity index (χ2n) is 9.30. The van der Waals surface area contributed by atoms with Gasteiger partial charge in [0.15, 0.2) is 0 Å². The Morgan fingerprint density at radius 2 is 1.30 bits per heavy atom. The Morgan fingerprint density at radius 3 is 1.88 bits per heavy atom. The number of para-hydroxylation sites is 1. The van der Waals surface area contributed by atoms with Crippen LogP contribution in [0.3, 0.4) is 0 Å². The number of rotatable bonds is 10. The monoisotopic (exact) mass is 443 g/mol. The molecule has 33 heavy (non-hydrogen) atoms. The molecule has 3 N–H and O–H groups in total. The van der Waals surface area contributed by atoms with Gasteiger partial charge in [-0.25, -0.2) is 0 Å². The van der Waals surface area contributed by atoms with Crippen LogP contribution < -0.4 is 15.8 Å². The first-order valence-corrected chi connectivity index (χ1v) is 12.2. The van der Waals surface area contributed by atoms with Crippen molar-refractivity contribution in [3.8, 4) is 11.5 Å². The molecule has 0 aliphatic heterocycles. The molecule has 174 valence electrons. The van der Waals surface area contributed by atoms with E-state index in [1.54, 1.807) is 0 Å². The summed E-state index contributed by atoms with van der Waals surface area (Å²) in [6, 6.07) is 27.3. The molecule has 1 aliphatic carbocycles. The Kier molecular flexibility index (Phi) is 8.40. The second-order valence-corrected chi connectivity index (χ2v) is 9.30. The molecular weight excluding hydrogens is 406 g/mol. The second kappa shape index (κ2) is 11.9. The van der Waals surface area contributed by atoms with Crippen LogP contribution in [0, 0.1) is 11.8 Å². The maximum atomic E-state index is 5.97. The van der Waals surface area contributed by atoms with E-state index in [0.717, 1.165) is 55.2 Å². The number of ether oxygens (including phenoxy) is 1. The van der Waals surface area contributed by atoms with Crippen molar-refractivity contribution in [3.63, 3.8) is 0 Å². The quantitative estimate of drug-likeness (QED) is 0.387. The van der Waals surface area contributed by atoms with E-state index in [9.17, 15) is 0 Å². The fraction of sp³-hybridized carbons (Fsp3) is 0.379. The molecular formula is C29H37N3O. The van der Waals surface area contributed by atoms with Crippen molar-refractivity contribution in [2.45, 2.75) is 38.8 Å². The minimum atomic E-state index is 0.723. The predicted octanol–water partition coefficient (Wildman–Crippen LogP) is 6.29. The highest BCUT2D eigenvalue weighted by Gasteiger charge is 2.22. The van der Waals surface area contributed by atoms with E-state index < -0.39 is 0 Å². The van der Waals surface area contributed by atoms with Crippen LogP contribution >= 0.6 is 0 Å². The Morgan fingerprint density at radius 1 is 0.758 bits per heavy atom. The van der Waals surface area contributed by atoms with Crippen molar-refractivity contribution in [1.29, 1.82) is 0 Å². The van der Waals surface area contributed by atoms with Gasteiger partial charge in [-0.05, 0) is 91.6 Å². The lowest BCUT2D eigenvalue weighted by atomic mass is 9.82. The Labute approximate surface area is 198 Å². The standard InChI is InChI=1S/C29H37N3O/c1-31-27-15-11-25(12-16-27)21-32(20-24-9-7-23(19-30)8-10-24)22-26-13-17-29(18-14-26)33-28-5-3-2-4-6-28/h2-6,11-18,23-24,31H,7-10,19-22,30H2,1H3. The summed E-state index contributed by atoms with van der Waals surface area (Å²) in [5.41, 5.74) is 9.74. The number of hydrogen-bond donors (Lipinski definition) is 2. The summed E-state index contributed by atoms with van der Waals surface area (Å²) in [5, 5.41) is 3.21. The van der Waals surface area contributed by atoms with E-state index in [-0.39, 0.29) is 0 Å². The van der Waals surface area contributed by atoms with Gasteiger partial charge in [0, 0.05) is 32.4 Å². The van der Waals surface area contributed by atoms with Gasteiger partial charge in [-0.3, -0.25) is 4.90 Å². The summed E-state index contributed by atoms with van der Waals surface area (Å²) in [5.74, 6) is 3.22. The van der Waals surface area contributed by atoms with E-state index >= 15 is 0 Å². The molecule has 0 unspecified atom stereocenters. The molecule has 1 saturated carbocycles. The van der Waals surface area contributed by atoms with Crippen LogP contribution in [0.25, 0.3) is 0 Å². The molecule has 4 rings (SSSR count). The molecule has 1 fully saturated rings. The maximum absolute atomic E-state index is 5.97. The van der Waals surface area contributed by atoms with E-state index in [0.29, 0.717) is 0 Å². The lowest BCUT2D eigenvalue weighted by Gasteiger charge is -2.32. The zero-order chi connectivity index (χ0) is 22.9. The van der Waals surface area contributed by atoms with Gasteiger partial charge in [0.05, 0.1) is 0 Å². The van der Waals surface area contributed by atoms with Gasteiger partial charge in [0.25, 0.3) is 0 Å². The molecule has 3 aromatic carbocycles. The summed E-state index contributed by atoms with van der Waals surface area (Å²) in [4.78, 5) is 2.61. The normalized spacial score (nSPS) is 18.3. The summed E-state index contributed by atoms with van der Waals surface area (Å²) in [6.45, 7) is 3.87. The van der Waals surface area contributed by atoms with Gasteiger partial charge < -0.3 is 15.8 Å². The highest BCUT2D eigenvalue weighted by molar-refractivity contribution is 5.43. The minimum Gasteiger partial charge on any atom is -0.457 e. The van der Waals surface area contributed by atoms with Crippen LogP contribution in [0.1, 0.15) is 36.8 Å². The number of nitrogens with zero attached hydrogens (tertiary/aromatic N) is 1. The van der Waals surface area contributed by atoms with Crippen molar-refractivity contribution in [2.75, 3.05) is 25.5 Å². The topological polar surface area (TPSA) is 50.5 Å². The average Bonchev–Trinajstić information content (AvgIpc) is 2.87. The van der Waals surface area contributed by atoms with Gasteiger partial charge in [-0.2, -0.15) is 0 Å². The van der Waals surface area contributed by atoms with Gasteiger partial charge in [-0.1, -0.05) is 42.5 Å². The smallest absolute Gasteiger partial charge is 0.127 e. The largest absolute Gasteiger partial charge is 0.457 e. The minimum absolute atomic E-state index is 0.723. The molecule has 0 radical (unpaired) electrons. The summed E-state index contributed by atoms with van der Waals surface area (Å²) < 4.78 is 5.97. The number of nitrogens with one attached hydrogen (secondary N) is 1. The van der Waals surface area contributed by atoms with E-state index in [1.165, 1.54) is 36.8 Å². The van der Waals surface area contributed by atoms with E-state index in [1.807, 2.05) is 37.4 Å². The first-order valence-electron chi connectivity index (χ1n) is 12.2. The summed E-state index contributed by atoms with van der Waals surface area (Å²) in [7, 11) is 1.96. The molecule has 0 heterocycles. The van der Waals surface area contributed by atoms with E-state index in [4.69, 9.17) is 10.5 Å². The summed E-state index contributed by atoms with van der Waals surface area (Å²) >= 11 is 0. The molecule has 0 saturated heterocycles. The Bertz CT molecular complexity index is 948. The van der Waals surface area contributed by atoms with Crippen LogP contribution in [0.4, 0.5) is 5.69 Å². The van der Waals surface area contributed by atoms with Crippen molar-refractivity contribution in [2.24, 2.45) is 17.6 Å². The zero-order valence-electron chi connectivity index (χ0n) is 19.7. The molecule has 4 nitrogen and oxygen atoms in total. The number of anilines is 1. The maximum Gasteiger partial charge on any atom is 0.127 e. The first kappa shape index (κ1) is 23.3. The highest BCUT2D eigenvalue weighted by atomic mass is 16.5. The van der Waals surface area contributed by atoms with Crippen molar-refractivity contribution >= 4 is 5.69 Å². The molecule has 0 bridgehead atoms.